The van der Waals surface area contributed by atoms with E-state index >= 15 is 0 Å². The summed E-state index contributed by atoms with van der Waals surface area (Å²) in [5.41, 5.74) is 0.905. The monoisotopic (exact) mass is 517 g/mol. The summed E-state index contributed by atoms with van der Waals surface area (Å²) in [4.78, 5) is 23.5. The van der Waals surface area contributed by atoms with Gasteiger partial charge in [-0.15, -0.1) is 24.0 Å². The minimum atomic E-state index is 0. The van der Waals surface area contributed by atoms with Crippen molar-refractivity contribution in [2.45, 2.75) is 39.2 Å². The zero-order valence-corrected chi connectivity index (χ0v) is 20.7. The van der Waals surface area contributed by atoms with Crippen molar-refractivity contribution in [1.82, 2.24) is 24.9 Å². The molecule has 9 heteroatoms. The molecule has 2 fully saturated rings. The summed E-state index contributed by atoms with van der Waals surface area (Å²) >= 11 is 0. The predicted molar refractivity (Wildman–Crippen MR) is 128 cm³/mol. The Balaban J connectivity index is 0.00000300. The lowest BCUT2D eigenvalue weighted by Gasteiger charge is -2.44. The molecule has 0 aromatic carbocycles. The first kappa shape index (κ1) is 23.9. The molecule has 29 heavy (non-hydrogen) atoms. The number of amides is 1. The number of aryl methyl sites for hydroxylation is 1. The van der Waals surface area contributed by atoms with Crippen molar-refractivity contribution in [2.24, 2.45) is 18.0 Å². The molecule has 2 aliphatic heterocycles. The molecule has 3 heterocycles. The largest absolute Gasteiger partial charge is 0.354 e. The highest BCUT2D eigenvalue weighted by molar-refractivity contribution is 14.0. The smallest absolute Gasteiger partial charge is 0.246 e. The number of likely N-dealkylation sites (tertiary alicyclic amines) is 1. The van der Waals surface area contributed by atoms with Crippen molar-refractivity contribution in [3.63, 3.8) is 0 Å². The number of aromatic nitrogens is 2. The molecular weight excluding hydrogens is 481 g/mol. The van der Waals surface area contributed by atoms with E-state index in [4.69, 9.17) is 0 Å². The van der Waals surface area contributed by atoms with Gasteiger partial charge >= 0.3 is 0 Å². The molecule has 0 spiro atoms. The lowest BCUT2D eigenvalue weighted by Crippen LogP contribution is -2.59. The van der Waals surface area contributed by atoms with Gasteiger partial charge in [-0.25, -0.2) is 0 Å². The van der Waals surface area contributed by atoms with E-state index in [1.54, 1.807) is 22.8 Å². The topological polar surface area (TPSA) is 69.0 Å². The second-order valence-corrected chi connectivity index (χ2v) is 8.75. The zero-order chi connectivity index (χ0) is 20.3. The molecule has 1 aromatic heterocycles. The van der Waals surface area contributed by atoms with E-state index in [0.29, 0.717) is 13.1 Å². The predicted octanol–water partition coefficient (Wildman–Crippen LogP) is 1.77. The fraction of sp³-hybridized carbons (Fsp3) is 0.750. The number of halogens is 1. The number of guanidine groups is 1. The minimum Gasteiger partial charge on any atom is -0.354 e. The van der Waals surface area contributed by atoms with E-state index in [2.05, 4.69) is 41.1 Å². The number of aliphatic imine (C=N–C) groups is 1. The van der Waals surface area contributed by atoms with Gasteiger partial charge in [0.1, 0.15) is 6.54 Å². The Hall–Kier alpha value is -1.36. The van der Waals surface area contributed by atoms with Crippen LogP contribution in [0.25, 0.3) is 0 Å². The van der Waals surface area contributed by atoms with Gasteiger partial charge < -0.3 is 15.1 Å². The molecule has 1 atom stereocenters. The Morgan fingerprint density at radius 3 is 2.69 bits per heavy atom. The highest BCUT2D eigenvalue weighted by Gasteiger charge is 2.32. The van der Waals surface area contributed by atoms with Crippen LogP contribution in [0.1, 0.15) is 33.6 Å². The van der Waals surface area contributed by atoms with Crippen LogP contribution in [-0.2, 0) is 11.8 Å². The summed E-state index contributed by atoms with van der Waals surface area (Å²) in [6.45, 7) is 11.7. The summed E-state index contributed by atoms with van der Waals surface area (Å²) in [6, 6.07) is 0. The molecule has 0 bridgehead atoms. The molecular formula is C20H36IN7O. The van der Waals surface area contributed by atoms with Gasteiger partial charge in [0.05, 0.1) is 11.9 Å². The molecule has 1 N–H and O–H groups in total. The normalized spacial score (nSPS) is 21.9. The van der Waals surface area contributed by atoms with E-state index < -0.39 is 0 Å². The summed E-state index contributed by atoms with van der Waals surface area (Å²) in [6.07, 6.45) is 6.21. The third-order valence-corrected chi connectivity index (χ3v) is 5.93. The third kappa shape index (κ3) is 5.84. The standard InChI is InChI=1S/C20H35N7O.HI/c1-16-7-6-8-26(12-16)20(2,3)15-22-19(21-4)25-9-10-27(18(28)14-25)17-11-23-24(5)13-17;/h11,13,16H,6-10,12,14-15H2,1-5H3,(H,21,22);1H. The van der Waals surface area contributed by atoms with Gasteiger partial charge in [-0.1, -0.05) is 6.92 Å². The lowest BCUT2D eigenvalue weighted by molar-refractivity contribution is -0.120. The van der Waals surface area contributed by atoms with Gasteiger partial charge in [-0.05, 0) is 39.2 Å². The van der Waals surface area contributed by atoms with Crippen LogP contribution in [0.2, 0.25) is 0 Å². The number of piperidine rings is 1. The number of hydrogen-bond acceptors (Lipinski definition) is 4. The van der Waals surface area contributed by atoms with Crippen molar-refractivity contribution in [3.05, 3.63) is 12.4 Å². The van der Waals surface area contributed by atoms with Gasteiger partial charge in [0.25, 0.3) is 0 Å². The minimum absolute atomic E-state index is 0. The number of nitrogens with zero attached hydrogens (tertiary/aromatic N) is 6. The molecule has 2 saturated heterocycles. The summed E-state index contributed by atoms with van der Waals surface area (Å²) in [7, 11) is 3.65. The van der Waals surface area contributed by atoms with Crippen molar-refractivity contribution >= 4 is 41.5 Å². The van der Waals surface area contributed by atoms with Crippen LogP contribution in [0.4, 0.5) is 5.69 Å². The molecule has 1 unspecified atom stereocenters. The molecule has 2 aliphatic rings. The molecule has 0 radical (unpaired) electrons. The van der Waals surface area contributed by atoms with Crippen LogP contribution in [0.5, 0.6) is 0 Å². The fourth-order valence-corrected chi connectivity index (χ4v) is 4.15. The first-order chi connectivity index (χ1) is 13.3. The van der Waals surface area contributed by atoms with E-state index in [1.807, 2.05) is 18.1 Å². The van der Waals surface area contributed by atoms with Crippen molar-refractivity contribution in [1.29, 1.82) is 0 Å². The lowest BCUT2D eigenvalue weighted by atomic mass is 9.93. The van der Waals surface area contributed by atoms with Crippen LogP contribution in [0.15, 0.2) is 17.4 Å². The van der Waals surface area contributed by atoms with Crippen LogP contribution < -0.4 is 10.2 Å². The van der Waals surface area contributed by atoms with Crippen LogP contribution >= 0.6 is 24.0 Å². The molecule has 0 aliphatic carbocycles. The Labute approximate surface area is 191 Å². The van der Waals surface area contributed by atoms with E-state index in [9.17, 15) is 4.79 Å². The third-order valence-electron chi connectivity index (χ3n) is 5.93. The SMILES string of the molecule is CN=C(NCC(C)(C)N1CCCC(C)C1)N1CCN(c2cnn(C)c2)C(=O)C1.I. The number of piperazine rings is 1. The summed E-state index contributed by atoms with van der Waals surface area (Å²) in [5.74, 6) is 1.63. The molecule has 0 saturated carbocycles. The van der Waals surface area contributed by atoms with E-state index in [-0.39, 0.29) is 35.4 Å². The van der Waals surface area contributed by atoms with Crippen LogP contribution in [0.3, 0.4) is 0 Å². The Bertz CT molecular complexity index is 717. The second-order valence-electron chi connectivity index (χ2n) is 8.75. The fourth-order valence-electron chi connectivity index (χ4n) is 4.15. The van der Waals surface area contributed by atoms with Gasteiger partial charge in [-0.2, -0.15) is 5.10 Å². The maximum absolute atomic E-state index is 12.7. The first-order valence-corrected chi connectivity index (χ1v) is 10.3. The average molecular weight is 517 g/mol. The summed E-state index contributed by atoms with van der Waals surface area (Å²) < 4.78 is 1.72. The summed E-state index contributed by atoms with van der Waals surface area (Å²) in [5, 5.41) is 7.69. The molecule has 1 amide bonds. The number of rotatable bonds is 4. The Morgan fingerprint density at radius 2 is 2.10 bits per heavy atom. The van der Waals surface area contributed by atoms with Crippen molar-refractivity contribution in [3.8, 4) is 0 Å². The number of carbonyl (C=O) groups is 1. The van der Waals surface area contributed by atoms with Gasteiger partial charge in [0.15, 0.2) is 5.96 Å². The first-order valence-electron chi connectivity index (χ1n) is 10.3. The van der Waals surface area contributed by atoms with E-state index in [0.717, 1.165) is 43.7 Å². The highest BCUT2D eigenvalue weighted by Crippen LogP contribution is 2.23. The Morgan fingerprint density at radius 1 is 1.34 bits per heavy atom. The van der Waals surface area contributed by atoms with Crippen molar-refractivity contribution < 1.29 is 4.79 Å². The van der Waals surface area contributed by atoms with Gasteiger partial charge in [0, 0.05) is 52.0 Å². The maximum atomic E-state index is 12.7. The molecule has 1 aromatic rings. The maximum Gasteiger partial charge on any atom is 0.246 e. The Kier molecular flexibility index (Phi) is 8.33. The zero-order valence-electron chi connectivity index (χ0n) is 18.4. The molecule has 8 nitrogen and oxygen atoms in total. The molecule has 164 valence electrons. The highest BCUT2D eigenvalue weighted by atomic mass is 127. The quantitative estimate of drug-likeness (QED) is 0.375. The number of carbonyl (C=O) groups excluding carboxylic acids is 1. The van der Waals surface area contributed by atoms with Gasteiger partial charge in [0.2, 0.25) is 5.91 Å². The average Bonchev–Trinajstić information content (AvgIpc) is 3.08. The van der Waals surface area contributed by atoms with Crippen LogP contribution in [0, 0.1) is 5.92 Å². The van der Waals surface area contributed by atoms with Gasteiger partial charge in [-0.3, -0.25) is 19.4 Å². The number of anilines is 1. The second kappa shape index (κ2) is 10.1. The van der Waals surface area contributed by atoms with Crippen molar-refractivity contribution in [2.75, 3.05) is 51.2 Å². The molecule has 3 rings (SSSR count). The van der Waals surface area contributed by atoms with Crippen LogP contribution in [-0.4, -0.2) is 83.3 Å². The number of hydrogen-bond donors (Lipinski definition) is 1. The number of nitrogens with one attached hydrogen (secondary N) is 1. The van der Waals surface area contributed by atoms with E-state index in [1.165, 1.54) is 12.8 Å².